The first-order chi connectivity index (χ1) is 16.4. The Balaban J connectivity index is 1.66. The standard InChI is InChI=1S/C28H21FN2O3/c1-16(32)25-24(26(33)18-10-13-19(29)14-11-18)28(20-7-3-4-8-21(20)30-27(28)34)23-15-12-17-6-2-5-9-22(17)31(23)25/h2-15,23-25H,1H3,(H,30,34)/t23-,24+,25+,28-/m1/s1. The first-order valence-corrected chi connectivity index (χ1v) is 11.2. The van der Waals surface area contributed by atoms with Gasteiger partial charge in [-0.2, -0.15) is 0 Å². The number of carbonyl (C=O) groups is 3. The van der Waals surface area contributed by atoms with Gasteiger partial charge in [0.1, 0.15) is 11.2 Å². The third-order valence-corrected chi connectivity index (χ3v) is 7.37. The molecule has 0 radical (unpaired) electrons. The average Bonchev–Trinajstić information content (AvgIpc) is 3.32. The molecule has 1 N–H and O–H groups in total. The second-order valence-electron chi connectivity index (χ2n) is 9.04. The van der Waals surface area contributed by atoms with Crippen molar-refractivity contribution in [2.24, 2.45) is 5.92 Å². The van der Waals surface area contributed by atoms with E-state index in [1.54, 1.807) is 0 Å². The van der Waals surface area contributed by atoms with E-state index >= 15 is 0 Å². The van der Waals surface area contributed by atoms with E-state index in [0.29, 0.717) is 11.3 Å². The lowest BCUT2D eigenvalue weighted by Gasteiger charge is -2.37. The quantitative estimate of drug-likeness (QED) is 0.599. The number of nitrogens with zero attached hydrogens (tertiary/aromatic N) is 1. The number of rotatable bonds is 3. The van der Waals surface area contributed by atoms with E-state index in [1.807, 2.05) is 65.6 Å². The van der Waals surface area contributed by atoms with E-state index in [1.165, 1.54) is 31.2 Å². The molecular formula is C28H21FN2O3. The Morgan fingerprint density at radius 1 is 0.971 bits per heavy atom. The van der Waals surface area contributed by atoms with Crippen LogP contribution < -0.4 is 10.2 Å². The fourth-order valence-electron chi connectivity index (χ4n) is 6.07. The minimum Gasteiger partial charge on any atom is -0.352 e. The van der Waals surface area contributed by atoms with Gasteiger partial charge < -0.3 is 10.2 Å². The van der Waals surface area contributed by atoms with Crippen LogP contribution in [0, 0.1) is 11.7 Å². The summed E-state index contributed by atoms with van der Waals surface area (Å²) >= 11 is 0. The van der Waals surface area contributed by atoms with Crippen LogP contribution in [0.4, 0.5) is 15.8 Å². The third kappa shape index (κ3) is 2.56. The van der Waals surface area contributed by atoms with Crippen molar-refractivity contribution < 1.29 is 18.8 Å². The lowest BCUT2D eigenvalue weighted by Crippen LogP contribution is -2.51. The highest BCUT2D eigenvalue weighted by Crippen LogP contribution is 2.57. The van der Waals surface area contributed by atoms with Crippen molar-refractivity contribution in [1.29, 1.82) is 0 Å². The lowest BCUT2D eigenvalue weighted by molar-refractivity contribution is -0.122. The lowest BCUT2D eigenvalue weighted by atomic mass is 9.64. The fraction of sp³-hybridized carbons (Fsp3) is 0.179. The molecule has 3 aromatic rings. The van der Waals surface area contributed by atoms with Gasteiger partial charge in [0.15, 0.2) is 11.6 Å². The molecule has 3 aliphatic rings. The molecule has 1 spiro atoms. The predicted molar refractivity (Wildman–Crippen MR) is 127 cm³/mol. The van der Waals surface area contributed by atoms with Gasteiger partial charge in [-0.1, -0.05) is 48.6 Å². The molecule has 1 saturated heterocycles. The van der Waals surface area contributed by atoms with E-state index in [2.05, 4.69) is 5.32 Å². The van der Waals surface area contributed by atoms with Gasteiger partial charge >= 0.3 is 0 Å². The minimum absolute atomic E-state index is 0.204. The summed E-state index contributed by atoms with van der Waals surface area (Å²) in [4.78, 5) is 43.2. The van der Waals surface area contributed by atoms with Crippen LogP contribution in [0.5, 0.6) is 0 Å². The topological polar surface area (TPSA) is 66.5 Å². The Morgan fingerprint density at radius 3 is 2.44 bits per heavy atom. The predicted octanol–water partition coefficient (Wildman–Crippen LogP) is 4.39. The number of ketones is 2. The molecule has 5 nitrogen and oxygen atoms in total. The van der Waals surface area contributed by atoms with E-state index in [-0.39, 0.29) is 23.0 Å². The summed E-state index contributed by atoms with van der Waals surface area (Å²) in [6.45, 7) is 1.46. The first-order valence-electron chi connectivity index (χ1n) is 11.2. The Labute approximate surface area is 195 Å². The molecule has 6 heteroatoms. The monoisotopic (exact) mass is 452 g/mol. The number of halogens is 1. The van der Waals surface area contributed by atoms with Crippen LogP contribution in [-0.2, 0) is 15.0 Å². The molecule has 1 fully saturated rings. The van der Waals surface area contributed by atoms with Gasteiger partial charge in [0.05, 0.1) is 18.0 Å². The normalized spacial score (nSPS) is 26.1. The number of anilines is 2. The number of para-hydroxylation sites is 2. The highest BCUT2D eigenvalue weighted by Gasteiger charge is 2.69. The zero-order valence-corrected chi connectivity index (χ0v) is 18.4. The number of fused-ring (bicyclic) bond motifs is 6. The minimum atomic E-state index is -1.32. The van der Waals surface area contributed by atoms with Gasteiger partial charge in [-0.3, -0.25) is 14.4 Å². The maximum absolute atomic E-state index is 14.1. The van der Waals surface area contributed by atoms with Crippen LogP contribution in [0.1, 0.15) is 28.4 Å². The van der Waals surface area contributed by atoms with Crippen LogP contribution in [-0.4, -0.2) is 29.6 Å². The van der Waals surface area contributed by atoms with Gasteiger partial charge in [0.2, 0.25) is 5.91 Å². The smallest absolute Gasteiger partial charge is 0.238 e. The van der Waals surface area contributed by atoms with Crippen LogP contribution in [0.15, 0.2) is 78.9 Å². The van der Waals surface area contributed by atoms with E-state index in [4.69, 9.17) is 0 Å². The molecule has 6 rings (SSSR count). The third-order valence-electron chi connectivity index (χ3n) is 7.37. The molecule has 3 heterocycles. The molecular weight excluding hydrogens is 431 g/mol. The zero-order chi connectivity index (χ0) is 23.6. The molecule has 168 valence electrons. The van der Waals surface area contributed by atoms with Crippen molar-refractivity contribution in [2.75, 3.05) is 10.2 Å². The van der Waals surface area contributed by atoms with Crippen molar-refractivity contribution in [3.63, 3.8) is 0 Å². The average molecular weight is 452 g/mol. The second-order valence-corrected chi connectivity index (χ2v) is 9.04. The van der Waals surface area contributed by atoms with Crippen molar-refractivity contribution in [3.05, 3.63) is 101 Å². The van der Waals surface area contributed by atoms with Gasteiger partial charge in [-0.05, 0) is 54.4 Å². The summed E-state index contributed by atoms with van der Waals surface area (Å²) < 4.78 is 13.6. The fourth-order valence-corrected chi connectivity index (χ4v) is 6.07. The van der Waals surface area contributed by atoms with Crippen LogP contribution in [0.3, 0.4) is 0 Å². The first kappa shape index (κ1) is 20.5. The van der Waals surface area contributed by atoms with Crippen molar-refractivity contribution in [3.8, 4) is 0 Å². The van der Waals surface area contributed by atoms with E-state index in [0.717, 1.165) is 11.3 Å². The number of benzene rings is 3. The highest BCUT2D eigenvalue weighted by molar-refractivity contribution is 6.16. The van der Waals surface area contributed by atoms with E-state index in [9.17, 15) is 18.8 Å². The van der Waals surface area contributed by atoms with Gasteiger partial charge in [-0.15, -0.1) is 0 Å². The summed E-state index contributed by atoms with van der Waals surface area (Å²) in [5.74, 6) is -2.33. The summed E-state index contributed by atoms with van der Waals surface area (Å²) in [7, 11) is 0. The zero-order valence-electron chi connectivity index (χ0n) is 18.4. The molecule has 0 saturated carbocycles. The maximum Gasteiger partial charge on any atom is 0.238 e. The van der Waals surface area contributed by atoms with Crippen molar-refractivity contribution >= 4 is 34.9 Å². The Kier molecular flexibility index (Phi) is 4.36. The van der Waals surface area contributed by atoms with Crippen molar-refractivity contribution in [2.45, 2.75) is 24.4 Å². The largest absolute Gasteiger partial charge is 0.352 e. The molecule has 3 aliphatic heterocycles. The van der Waals surface area contributed by atoms with Gasteiger partial charge in [-0.25, -0.2) is 4.39 Å². The molecule has 4 atom stereocenters. The SMILES string of the molecule is CC(=O)[C@H]1[C@@H](C(=O)c2ccc(F)cc2)[C@]2(C(=O)Nc3ccccc32)[C@H]2C=Cc3ccccc3N12. The van der Waals surface area contributed by atoms with Gasteiger partial charge in [0, 0.05) is 16.9 Å². The summed E-state index contributed by atoms with van der Waals surface area (Å²) in [6.07, 6.45) is 3.88. The number of hydrogen-bond acceptors (Lipinski definition) is 4. The molecule has 0 aromatic heterocycles. The van der Waals surface area contributed by atoms with Crippen LogP contribution >= 0.6 is 0 Å². The Morgan fingerprint density at radius 2 is 1.68 bits per heavy atom. The molecule has 1 amide bonds. The number of carbonyl (C=O) groups excluding carboxylic acids is 3. The van der Waals surface area contributed by atoms with E-state index < -0.39 is 29.2 Å². The highest BCUT2D eigenvalue weighted by atomic mass is 19.1. The number of Topliss-reactive ketones (excluding diaryl/α,β-unsaturated/α-hetero) is 2. The summed E-state index contributed by atoms with van der Waals surface area (Å²) in [5, 5.41) is 2.97. The summed E-state index contributed by atoms with van der Waals surface area (Å²) in [5.41, 5.74) is 2.01. The molecule has 0 unspecified atom stereocenters. The second kappa shape index (κ2) is 7.22. The molecule has 3 aromatic carbocycles. The van der Waals surface area contributed by atoms with Crippen LogP contribution in [0.25, 0.3) is 6.08 Å². The number of nitrogens with one attached hydrogen (secondary N) is 1. The molecule has 0 bridgehead atoms. The summed E-state index contributed by atoms with van der Waals surface area (Å²) in [6, 6.07) is 18.9. The van der Waals surface area contributed by atoms with Crippen molar-refractivity contribution in [1.82, 2.24) is 0 Å². The Bertz CT molecular complexity index is 1400. The van der Waals surface area contributed by atoms with Crippen LogP contribution in [0.2, 0.25) is 0 Å². The number of hydrogen-bond donors (Lipinski definition) is 1. The van der Waals surface area contributed by atoms with Gasteiger partial charge in [0.25, 0.3) is 0 Å². The Hall–Kier alpha value is -4.06. The maximum atomic E-state index is 14.1. The molecule has 0 aliphatic carbocycles. The molecule has 34 heavy (non-hydrogen) atoms. The number of amides is 1.